The van der Waals surface area contributed by atoms with Crippen LogP contribution < -0.4 is 0 Å². The number of ether oxygens (including phenoxy) is 1. The maximum absolute atomic E-state index is 11.3. The molecule has 0 saturated carbocycles. The lowest BCUT2D eigenvalue weighted by molar-refractivity contribution is -0.206. The predicted molar refractivity (Wildman–Crippen MR) is 137 cm³/mol. The summed E-state index contributed by atoms with van der Waals surface area (Å²) in [5, 5.41) is 31.6. The van der Waals surface area contributed by atoms with Crippen LogP contribution in [0.15, 0.2) is 0 Å². The van der Waals surface area contributed by atoms with Gasteiger partial charge in [0.25, 0.3) is 0 Å². The van der Waals surface area contributed by atoms with Crippen molar-refractivity contribution in [1.29, 1.82) is 0 Å². The van der Waals surface area contributed by atoms with Crippen molar-refractivity contribution in [2.75, 3.05) is 6.61 Å². The molecule has 0 aromatic rings. The van der Waals surface area contributed by atoms with Crippen molar-refractivity contribution in [2.24, 2.45) is 11.8 Å². The maximum atomic E-state index is 11.3. The van der Waals surface area contributed by atoms with Crippen LogP contribution in [0.5, 0.6) is 0 Å². The van der Waals surface area contributed by atoms with E-state index in [-0.39, 0.29) is 18.1 Å². The fourth-order valence-electron chi connectivity index (χ4n) is 5.20. The van der Waals surface area contributed by atoms with Crippen molar-refractivity contribution in [3.8, 4) is 0 Å². The van der Waals surface area contributed by atoms with Gasteiger partial charge in [0.15, 0.2) is 6.29 Å². The Hall–Kier alpha value is -0.160. The van der Waals surface area contributed by atoms with Gasteiger partial charge in [-0.05, 0) is 56.8 Å². The van der Waals surface area contributed by atoms with Crippen LogP contribution >= 0.6 is 0 Å². The van der Waals surface area contributed by atoms with Gasteiger partial charge >= 0.3 is 0 Å². The molecule has 0 fully saturated rings. The summed E-state index contributed by atoms with van der Waals surface area (Å²) < 4.78 is 6.50. The van der Waals surface area contributed by atoms with Gasteiger partial charge in [0.05, 0.1) is 11.2 Å². The molecular formula is C28H58O4. The SMILES string of the molecule is CCCCC(O)(CCCC)CC(C)CC(O)OC(CCCC)(CCCC)CC(C)CCO. The molecule has 32 heavy (non-hydrogen) atoms. The molecule has 4 heteroatoms. The Morgan fingerprint density at radius 1 is 0.719 bits per heavy atom. The lowest BCUT2D eigenvalue weighted by atomic mass is 9.81. The highest BCUT2D eigenvalue weighted by atomic mass is 16.6. The topological polar surface area (TPSA) is 69.9 Å². The zero-order valence-corrected chi connectivity index (χ0v) is 22.5. The highest BCUT2D eigenvalue weighted by Gasteiger charge is 2.35. The van der Waals surface area contributed by atoms with Gasteiger partial charge in [-0.2, -0.15) is 0 Å². The van der Waals surface area contributed by atoms with Crippen LogP contribution in [0.25, 0.3) is 0 Å². The second-order valence-electron chi connectivity index (χ2n) is 10.8. The molecule has 0 amide bonds. The first kappa shape index (κ1) is 31.8. The van der Waals surface area contributed by atoms with Gasteiger partial charge < -0.3 is 20.1 Å². The molecule has 0 aliphatic heterocycles. The van der Waals surface area contributed by atoms with Crippen LogP contribution in [0.2, 0.25) is 0 Å². The van der Waals surface area contributed by atoms with Crippen molar-refractivity contribution in [1.82, 2.24) is 0 Å². The van der Waals surface area contributed by atoms with Gasteiger partial charge in [0.2, 0.25) is 0 Å². The highest BCUT2D eigenvalue weighted by molar-refractivity contribution is 4.85. The minimum atomic E-state index is -0.804. The van der Waals surface area contributed by atoms with Crippen molar-refractivity contribution in [2.45, 2.75) is 162 Å². The summed E-state index contributed by atoms with van der Waals surface area (Å²) in [6.45, 7) is 13.3. The van der Waals surface area contributed by atoms with E-state index < -0.39 is 11.9 Å². The standard InChI is InChI=1S/C28H58O4/c1-7-11-16-27(31,17-12-8-2)22-25(6)21-26(30)32-28(18-13-9-3,19-14-10-4)23-24(5)15-20-29/h24-26,29-31H,7-23H2,1-6H3. The van der Waals surface area contributed by atoms with Gasteiger partial charge in [-0.1, -0.05) is 92.9 Å². The summed E-state index contributed by atoms with van der Waals surface area (Å²) in [5.41, 5.74) is -0.942. The maximum Gasteiger partial charge on any atom is 0.155 e. The van der Waals surface area contributed by atoms with E-state index in [2.05, 4.69) is 41.5 Å². The lowest BCUT2D eigenvalue weighted by Gasteiger charge is -2.39. The molecule has 0 aliphatic carbocycles. The number of aliphatic hydroxyl groups is 3. The van der Waals surface area contributed by atoms with E-state index in [1.165, 1.54) is 0 Å². The molecule has 0 bridgehead atoms. The third-order valence-corrected chi connectivity index (χ3v) is 7.02. The average Bonchev–Trinajstić information content (AvgIpc) is 2.73. The second-order valence-corrected chi connectivity index (χ2v) is 10.8. The Kier molecular flexibility index (Phi) is 18.1. The first-order chi connectivity index (χ1) is 15.2. The number of hydrogen-bond acceptors (Lipinski definition) is 4. The third kappa shape index (κ3) is 14.2. The predicted octanol–water partition coefficient (Wildman–Crippen LogP) is 7.38. The molecule has 0 heterocycles. The zero-order valence-electron chi connectivity index (χ0n) is 22.5. The molecule has 0 spiro atoms. The molecule has 0 aliphatic rings. The van der Waals surface area contributed by atoms with E-state index in [1.807, 2.05) is 0 Å². The molecule has 0 rings (SSSR count). The molecule has 3 atom stereocenters. The number of unbranched alkanes of at least 4 members (excludes halogenated alkanes) is 4. The Labute approximate surface area is 200 Å². The van der Waals surface area contributed by atoms with Crippen LogP contribution in [0.4, 0.5) is 0 Å². The van der Waals surface area contributed by atoms with Crippen LogP contribution in [0.3, 0.4) is 0 Å². The smallest absolute Gasteiger partial charge is 0.155 e. The van der Waals surface area contributed by atoms with Gasteiger partial charge in [0, 0.05) is 13.0 Å². The minimum absolute atomic E-state index is 0.201. The second kappa shape index (κ2) is 18.2. The molecule has 3 N–H and O–H groups in total. The van der Waals surface area contributed by atoms with Gasteiger partial charge in [0.1, 0.15) is 0 Å². The number of hydrogen-bond donors (Lipinski definition) is 3. The summed E-state index contributed by atoms with van der Waals surface area (Å²) >= 11 is 0. The molecule has 194 valence electrons. The fourth-order valence-corrected chi connectivity index (χ4v) is 5.20. The van der Waals surface area contributed by atoms with Crippen molar-refractivity contribution in [3.05, 3.63) is 0 Å². The van der Waals surface area contributed by atoms with Crippen LogP contribution in [-0.4, -0.2) is 39.4 Å². The Bertz CT molecular complexity index is 410. The van der Waals surface area contributed by atoms with Crippen molar-refractivity contribution < 1.29 is 20.1 Å². The average molecular weight is 459 g/mol. The van der Waals surface area contributed by atoms with Crippen molar-refractivity contribution in [3.63, 3.8) is 0 Å². The summed E-state index contributed by atoms with van der Waals surface area (Å²) in [6.07, 6.45) is 14.4. The molecule has 4 nitrogen and oxygen atoms in total. The molecule has 0 aromatic heterocycles. The first-order valence-electron chi connectivity index (χ1n) is 13.9. The van der Waals surface area contributed by atoms with Crippen LogP contribution in [0.1, 0.15) is 144 Å². The highest BCUT2D eigenvalue weighted by Crippen LogP contribution is 2.36. The normalized spacial score (nSPS) is 15.7. The van der Waals surface area contributed by atoms with Gasteiger partial charge in [-0.15, -0.1) is 0 Å². The van der Waals surface area contributed by atoms with E-state index >= 15 is 0 Å². The number of rotatable bonds is 22. The summed E-state index contributed by atoms with van der Waals surface area (Å²) in [6, 6.07) is 0. The largest absolute Gasteiger partial charge is 0.396 e. The lowest BCUT2D eigenvalue weighted by Crippen LogP contribution is -2.40. The van der Waals surface area contributed by atoms with E-state index in [0.717, 1.165) is 96.3 Å². The van der Waals surface area contributed by atoms with Gasteiger partial charge in [-0.25, -0.2) is 0 Å². The van der Waals surface area contributed by atoms with E-state index in [1.54, 1.807) is 0 Å². The molecule has 0 saturated heterocycles. The zero-order chi connectivity index (χ0) is 24.5. The first-order valence-corrected chi connectivity index (χ1v) is 13.9. The summed E-state index contributed by atoms with van der Waals surface area (Å²) in [5.74, 6) is 0.570. The fraction of sp³-hybridized carbons (Fsp3) is 1.00. The minimum Gasteiger partial charge on any atom is -0.396 e. The number of aliphatic hydroxyl groups excluding tert-OH is 2. The molecule has 0 aromatic carbocycles. The molecule has 0 radical (unpaired) electrons. The van der Waals surface area contributed by atoms with E-state index in [0.29, 0.717) is 12.3 Å². The Morgan fingerprint density at radius 3 is 1.62 bits per heavy atom. The van der Waals surface area contributed by atoms with Crippen LogP contribution in [0, 0.1) is 11.8 Å². The Morgan fingerprint density at radius 2 is 1.19 bits per heavy atom. The summed E-state index contributed by atoms with van der Waals surface area (Å²) in [4.78, 5) is 0. The van der Waals surface area contributed by atoms with Crippen molar-refractivity contribution >= 4 is 0 Å². The quantitative estimate of drug-likeness (QED) is 0.148. The third-order valence-electron chi connectivity index (χ3n) is 7.02. The summed E-state index contributed by atoms with van der Waals surface area (Å²) in [7, 11) is 0. The monoisotopic (exact) mass is 458 g/mol. The molecular weight excluding hydrogens is 400 g/mol. The van der Waals surface area contributed by atoms with E-state index in [9.17, 15) is 15.3 Å². The molecule has 3 unspecified atom stereocenters. The van der Waals surface area contributed by atoms with E-state index in [4.69, 9.17) is 4.74 Å². The Balaban J connectivity index is 5.22. The van der Waals surface area contributed by atoms with Crippen LogP contribution in [-0.2, 0) is 4.74 Å². The van der Waals surface area contributed by atoms with Gasteiger partial charge in [-0.3, -0.25) is 0 Å².